The highest BCUT2D eigenvalue weighted by atomic mass is 32.2. The first-order chi connectivity index (χ1) is 12.5. The van der Waals surface area contributed by atoms with Crippen LogP contribution in [-0.2, 0) is 16.0 Å². The second-order valence-electron chi connectivity index (χ2n) is 6.14. The van der Waals surface area contributed by atoms with Crippen molar-refractivity contribution >= 4 is 29.1 Å². The number of carbonyl (C=O) groups excluding carboxylic acids is 2. The number of benzene rings is 2. The number of amides is 2. The van der Waals surface area contributed by atoms with Crippen molar-refractivity contribution in [1.29, 1.82) is 0 Å². The van der Waals surface area contributed by atoms with Gasteiger partial charge in [-0.05, 0) is 42.4 Å². The van der Waals surface area contributed by atoms with Crippen LogP contribution in [0.2, 0.25) is 0 Å². The van der Waals surface area contributed by atoms with Crippen LogP contribution in [0, 0.1) is 12.7 Å². The molecule has 2 amide bonds. The first kappa shape index (κ1) is 18.4. The average molecular weight is 369 g/mol. The zero-order valence-electron chi connectivity index (χ0n) is 14.8. The lowest BCUT2D eigenvalue weighted by atomic mass is 10.0. The molecule has 5 heteroatoms. The number of rotatable bonds is 6. The molecule has 0 radical (unpaired) electrons. The molecule has 0 spiro atoms. The zero-order valence-corrected chi connectivity index (χ0v) is 15.6. The van der Waals surface area contributed by atoms with E-state index >= 15 is 0 Å². The molecule has 0 unspecified atom stereocenters. The predicted molar refractivity (Wildman–Crippen MR) is 103 cm³/mol. The molecule has 0 atom stereocenters. The van der Waals surface area contributed by atoms with E-state index in [4.69, 9.17) is 0 Å². The number of carbonyl (C=O) groups is 2. The van der Waals surface area contributed by atoms with Gasteiger partial charge in [0.05, 0.1) is 10.5 Å². The fourth-order valence-electron chi connectivity index (χ4n) is 2.90. The highest BCUT2D eigenvalue weighted by Gasteiger charge is 2.38. The molecule has 0 saturated heterocycles. The number of halogens is 1. The third kappa shape index (κ3) is 3.73. The summed E-state index contributed by atoms with van der Waals surface area (Å²) in [6.45, 7) is 4.23. The summed E-state index contributed by atoms with van der Waals surface area (Å²) >= 11 is 1.40. The second-order valence-corrected chi connectivity index (χ2v) is 7.42. The number of aryl methyl sites for hydroxylation is 1. The number of thioether (sulfide) groups is 1. The summed E-state index contributed by atoms with van der Waals surface area (Å²) in [6, 6.07) is 13.8. The molecule has 1 aliphatic heterocycles. The van der Waals surface area contributed by atoms with Gasteiger partial charge in [0.2, 0.25) is 0 Å². The monoisotopic (exact) mass is 369 g/mol. The maximum absolute atomic E-state index is 13.0. The van der Waals surface area contributed by atoms with E-state index in [1.807, 2.05) is 38.1 Å². The van der Waals surface area contributed by atoms with Gasteiger partial charge in [-0.15, -0.1) is 11.8 Å². The summed E-state index contributed by atoms with van der Waals surface area (Å²) < 4.78 is 13.0. The molecule has 1 aliphatic rings. The van der Waals surface area contributed by atoms with Gasteiger partial charge < -0.3 is 0 Å². The first-order valence-corrected chi connectivity index (χ1v) is 9.54. The Bertz CT molecular complexity index is 857. The minimum atomic E-state index is -0.299. The molecule has 134 valence electrons. The molecule has 0 N–H and O–H groups in total. The molecule has 2 aromatic rings. The number of imide groups is 1. The Morgan fingerprint density at radius 3 is 2.23 bits per heavy atom. The van der Waals surface area contributed by atoms with E-state index in [9.17, 15) is 14.0 Å². The van der Waals surface area contributed by atoms with Crippen molar-refractivity contribution in [1.82, 2.24) is 4.90 Å². The standard InChI is InChI=1S/C21H20FNO2S/c1-3-26-19-18(16-8-4-14(2)5-9-16)20(24)23(21(19)25)13-12-15-6-10-17(22)11-7-15/h4-11H,3,12-13H2,1-2H3. The summed E-state index contributed by atoms with van der Waals surface area (Å²) in [5.41, 5.74) is 3.25. The third-order valence-corrected chi connectivity index (χ3v) is 5.25. The van der Waals surface area contributed by atoms with Crippen molar-refractivity contribution in [2.45, 2.75) is 20.3 Å². The van der Waals surface area contributed by atoms with Gasteiger partial charge in [-0.2, -0.15) is 0 Å². The predicted octanol–water partition coefficient (Wildman–Crippen LogP) is 4.21. The van der Waals surface area contributed by atoms with Crippen LogP contribution < -0.4 is 0 Å². The van der Waals surface area contributed by atoms with Crippen molar-refractivity contribution in [3.05, 3.63) is 75.9 Å². The van der Waals surface area contributed by atoms with Crippen molar-refractivity contribution in [2.24, 2.45) is 0 Å². The molecule has 26 heavy (non-hydrogen) atoms. The van der Waals surface area contributed by atoms with Gasteiger partial charge in [0.25, 0.3) is 11.8 Å². The minimum absolute atomic E-state index is 0.237. The Hall–Kier alpha value is -2.40. The van der Waals surface area contributed by atoms with Gasteiger partial charge in [0.1, 0.15) is 5.82 Å². The molecular weight excluding hydrogens is 349 g/mol. The van der Waals surface area contributed by atoms with Crippen molar-refractivity contribution in [2.75, 3.05) is 12.3 Å². The fourth-order valence-corrected chi connectivity index (χ4v) is 3.77. The van der Waals surface area contributed by atoms with Crippen LogP contribution in [0.4, 0.5) is 4.39 Å². The molecule has 0 aliphatic carbocycles. The molecule has 3 nitrogen and oxygen atoms in total. The second kappa shape index (κ2) is 7.87. The van der Waals surface area contributed by atoms with Gasteiger partial charge in [-0.25, -0.2) is 4.39 Å². The van der Waals surface area contributed by atoms with Gasteiger partial charge in [-0.3, -0.25) is 14.5 Å². The van der Waals surface area contributed by atoms with Crippen LogP contribution in [-0.4, -0.2) is 29.0 Å². The maximum Gasteiger partial charge on any atom is 0.267 e. The lowest BCUT2D eigenvalue weighted by Gasteiger charge is -2.15. The Morgan fingerprint density at radius 1 is 0.962 bits per heavy atom. The van der Waals surface area contributed by atoms with E-state index in [2.05, 4.69) is 0 Å². The Balaban J connectivity index is 1.84. The zero-order chi connectivity index (χ0) is 18.7. The van der Waals surface area contributed by atoms with Crippen LogP contribution >= 0.6 is 11.8 Å². The average Bonchev–Trinajstić information content (AvgIpc) is 2.86. The van der Waals surface area contributed by atoms with Gasteiger partial charge in [0.15, 0.2) is 0 Å². The van der Waals surface area contributed by atoms with Crippen LogP contribution in [0.25, 0.3) is 5.57 Å². The van der Waals surface area contributed by atoms with Crippen LogP contribution in [0.1, 0.15) is 23.6 Å². The summed E-state index contributed by atoms with van der Waals surface area (Å²) in [5.74, 6) is -0.0707. The van der Waals surface area contributed by atoms with E-state index in [0.29, 0.717) is 16.9 Å². The van der Waals surface area contributed by atoms with Crippen molar-refractivity contribution < 1.29 is 14.0 Å². The van der Waals surface area contributed by atoms with E-state index in [1.165, 1.54) is 28.8 Å². The number of hydrogen-bond acceptors (Lipinski definition) is 3. The lowest BCUT2D eigenvalue weighted by molar-refractivity contribution is -0.136. The van der Waals surface area contributed by atoms with E-state index in [0.717, 1.165) is 22.4 Å². The summed E-state index contributed by atoms with van der Waals surface area (Å²) in [4.78, 5) is 27.6. The number of hydrogen-bond donors (Lipinski definition) is 0. The van der Waals surface area contributed by atoms with Crippen molar-refractivity contribution in [3.8, 4) is 0 Å². The summed E-state index contributed by atoms with van der Waals surface area (Å²) in [7, 11) is 0. The fraction of sp³-hybridized carbons (Fsp3) is 0.238. The topological polar surface area (TPSA) is 37.4 Å². The van der Waals surface area contributed by atoms with Gasteiger partial charge in [-0.1, -0.05) is 48.9 Å². The normalized spacial score (nSPS) is 14.5. The Labute approximate surface area is 156 Å². The van der Waals surface area contributed by atoms with Crippen LogP contribution in [0.5, 0.6) is 0 Å². The molecule has 0 aromatic heterocycles. The van der Waals surface area contributed by atoms with E-state index < -0.39 is 0 Å². The number of nitrogens with zero attached hydrogens (tertiary/aromatic N) is 1. The Morgan fingerprint density at radius 2 is 1.62 bits per heavy atom. The first-order valence-electron chi connectivity index (χ1n) is 8.56. The Kier molecular flexibility index (Phi) is 5.57. The molecule has 0 fully saturated rings. The molecule has 0 bridgehead atoms. The highest BCUT2D eigenvalue weighted by Crippen LogP contribution is 2.36. The summed E-state index contributed by atoms with van der Waals surface area (Å²) in [5, 5.41) is 0. The van der Waals surface area contributed by atoms with E-state index in [-0.39, 0.29) is 24.2 Å². The van der Waals surface area contributed by atoms with Crippen LogP contribution in [0.15, 0.2) is 53.4 Å². The van der Waals surface area contributed by atoms with Gasteiger partial charge in [0, 0.05) is 6.54 Å². The smallest absolute Gasteiger partial charge is 0.267 e. The van der Waals surface area contributed by atoms with Crippen molar-refractivity contribution in [3.63, 3.8) is 0 Å². The molecular formula is C21H20FNO2S. The van der Waals surface area contributed by atoms with Crippen LogP contribution in [0.3, 0.4) is 0 Å². The molecule has 3 rings (SSSR count). The minimum Gasteiger partial charge on any atom is -0.274 e. The van der Waals surface area contributed by atoms with Gasteiger partial charge >= 0.3 is 0 Å². The largest absolute Gasteiger partial charge is 0.274 e. The quantitative estimate of drug-likeness (QED) is 0.716. The lowest BCUT2D eigenvalue weighted by Crippen LogP contribution is -2.33. The SMILES string of the molecule is CCSC1=C(c2ccc(C)cc2)C(=O)N(CCc2ccc(F)cc2)C1=O. The molecule has 1 heterocycles. The highest BCUT2D eigenvalue weighted by molar-refractivity contribution is 8.04. The summed E-state index contributed by atoms with van der Waals surface area (Å²) in [6.07, 6.45) is 0.503. The molecule has 2 aromatic carbocycles. The van der Waals surface area contributed by atoms with E-state index in [1.54, 1.807) is 12.1 Å². The molecule has 0 saturated carbocycles. The maximum atomic E-state index is 13.0. The third-order valence-electron chi connectivity index (χ3n) is 4.29.